The highest BCUT2D eigenvalue weighted by Crippen LogP contribution is 2.33. The molecule has 2 aromatic heterocycles. The number of thiazole rings is 1. The van der Waals surface area contributed by atoms with E-state index in [9.17, 15) is 0 Å². The molecule has 3 aromatic rings. The van der Waals surface area contributed by atoms with Crippen molar-refractivity contribution in [2.24, 2.45) is 0 Å². The number of oxazole rings is 1. The van der Waals surface area contributed by atoms with Crippen LogP contribution in [0.5, 0.6) is 0 Å². The van der Waals surface area contributed by atoms with E-state index in [0.29, 0.717) is 0 Å². The third-order valence-corrected chi connectivity index (χ3v) is 4.93. The van der Waals surface area contributed by atoms with Crippen LogP contribution in [-0.4, -0.2) is 21.4 Å². The highest BCUT2D eigenvalue weighted by atomic mass is 32.1. The lowest BCUT2D eigenvalue weighted by atomic mass is 10.1. The summed E-state index contributed by atoms with van der Waals surface area (Å²) in [6, 6.07) is 10.7. The molecule has 1 fully saturated rings. The summed E-state index contributed by atoms with van der Waals surface area (Å²) in [5.74, 6) is 1.79. The minimum Gasteiger partial charge on any atom is -0.444 e. The van der Waals surface area contributed by atoms with E-state index < -0.39 is 0 Å². The Kier molecular flexibility index (Phi) is 4.22. The van der Waals surface area contributed by atoms with Gasteiger partial charge in [-0.15, -0.1) is 11.3 Å². The molecule has 1 saturated heterocycles. The van der Waals surface area contributed by atoms with Gasteiger partial charge in [0.05, 0.1) is 23.4 Å². The van der Waals surface area contributed by atoms with Crippen LogP contribution in [0.15, 0.2) is 51.8 Å². The van der Waals surface area contributed by atoms with Gasteiger partial charge in [-0.3, -0.25) is 4.90 Å². The maximum absolute atomic E-state index is 6.05. The second kappa shape index (κ2) is 6.64. The molecule has 118 valence electrons. The van der Waals surface area contributed by atoms with Gasteiger partial charge in [0.1, 0.15) is 5.76 Å². The molecule has 0 unspecified atom stereocenters. The fourth-order valence-corrected chi connectivity index (χ4v) is 3.72. The van der Waals surface area contributed by atoms with E-state index in [4.69, 9.17) is 4.42 Å². The molecule has 4 rings (SSSR count). The number of aromatic nitrogens is 2. The molecule has 0 radical (unpaired) electrons. The van der Waals surface area contributed by atoms with Gasteiger partial charge in [0.15, 0.2) is 0 Å². The minimum atomic E-state index is 0.279. The van der Waals surface area contributed by atoms with Crippen molar-refractivity contribution >= 4 is 11.3 Å². The van der Waals surface area contributed by atoms with Crippen LogP contribution in [0.4, 0.5) is 0 Å². The van der Waals surface area contributed by atoms with Gasteiger partial charge in [0, 0.05) is 18.3 Å². The lowest BCUT2D eigenvalue weighted by Gasteiger charge is -2.20. The molecule has 5 heteroatoms. The van der Waals surface area contributed by atoms with Crippen LogP contribution in [-0.2, 0) is 13.0 Å². The van der Waals surface area contributed by atoms with Gasteiger partial charge in [0.2, 0.25) is 5.89 Å². The quantitative estimate of drug-likeness (QED) is 0.709. The average Bonchev–Trinajstić information content (AvgIpc) is 3.30. The van der Waals surface area contributed by atoms with E-state index in [0.717, 1.165) is 43.3 Å². The Morgan fingerprint density at radius 1 is 1.22 bits per heavy atom. The third kappa shape index (κ3) is 3.35. The van der Waals surface area contributed by atoms with E-state index in [1.165, 1.54) is 12.0 Å². The van der Waals surface area contributed by atoms with E-state index in [-0.39, 0.29) is 6.04 Å². The highest BCUT2D eigenvalue weighted by Gasteiger charge is 2.30. The molecular weight excluding hydrogens is 306 g/mol. The van der Waals surface area contributed by atoms with Crippen molar-refractivity contribution in [3.05, 3.63) is 70.3 Å². The third-order valence-electron chi connectivity index (χ3n) is 4.29. The van der Waals surface area contributed by atoms with Gasteiger partial charge in [0.25, 0.3) is 0 Å². The van der Waals surface area contributed by atoms with Crippen LogP contribution in [0.25, 0.3) is 0 Å². The monoisotopic (exact) mass is 325 g/mol. The summed E-state index contributed by atoms with van der Waals surface area (Å²) in [6.45, 7) is 1.96. The van der Waals surface area contributed by atoms with Crippen LogP contribution in [0.3, 0.4) is 0 Å². The van der Waals surface area contributed by atoms with Crippen molar-refractivity contribution in [1.29, 1.82) is 0 Å². The standard InChI is InChI=1S/C18H19N3OS/c1-2-5-14(6-3-1)9-16-10-19-18(22-16)17-7-4-8-21(17)11-15-12-23-13-20-15/h1-3,5-6,10,12-13,17H,4,7-9,11H2/t17-/m1/s1. The zero-order chi connectivity index (χ0) is 15.5. The van der Waals surface area contributed by atoms with Gasteiger partial charge in [-0.1, -0.05) is 30.3 Å². The van der Waals surface area contributed by atoms with Gasteiger partial charge in [-0.05, 0) is 24.9 Å². The van der Waals surface area contributed by atoms with Crippen LogP contribution in [0.1, 0.15) is 41.8 Å². The number of hydrogen-bond donors (Lipinski definition) is 0. The van der Waals surface area contributed by atoms with Crippen LogP contribution in [0, 0.1) is 0 Å². The Bertz CT molecular complexity index is 739. The predicted octanol–water partition coefficient (Wildman–Crippen LogP) is 4.06. The molecular formula is C18H19N3OS. The molecule has 0 saturated carbocycles. The molecule has 1 aliphatic rings. The maximum atomic E-state index is 6.05. The first-order valence-corrected chi connectivity index (χ1v) is 8.92. The SMILES string of the molecule is c1ccc(Cc2cnc([C@H]3CCCN3Cc3cscn3)o2)cc1. The number of nitrogens with zero attached hydrogens (tertiary/aromatic N) is 3. The first-order valence-electron chi connectivity index (χ1n) is 7.98. The summed E-state index contributed by atoms with van der Waals surface area (Å²) in [6.07, 6.45) is 4.97. The zero-order valence-electron chi connectivity index (χ0n) is 12.9. The summed E-state index contributed by atoms with van der Waals surface area (Å²) in [4.78, 5) is 11.4. The average molecular weight is 325 g/mol. The Balaban J connectivity index is 1.47. The molecule has 0 bridgehead atoms. The molecule has 1 aromatic carbocycles. The summed E-state index contributed by atoms with van der Waals surface area (Å²) in [5.41, 5.74) is 4.28. The molecule has 4 nitrogen and oxygen atoms in total. The largest absolute Gasteiger partial charge is 0.444 e. The number of rotatable bonds is 5. The van der Waals surface area contributed by atoms with Crippen molar-refractivity contribution in [2.45, 2.75) is 31.8 Å². The topological polar surface area (TPSA) is 42.2 Å². The van der Waals surface area contributed by atoms with Gasteiger partial charge < -0.3 is 4.42 Å². The molecule has 0 N–H and O–H groups in total. The molecule has 1 aliphatic heterocycles. The van der Waals surface area contributed by atoms with Gasteiger partial charge in [-0.25, -0.2) is 9.97 Å². The van der Waals surface area contributed by atoms with Crippen molar-refractivity contribution in [3.8, 4) is 0 Å². The summed E-state index contributed by atoms with van der Waals surface area (Å²) in [5, 5.41) is 2.12. The highest BCUT2D eigenvalue weighted by molar-refractivity contribution is 7.07. The molecule has 0 spiro atoms. The van der Waals surface area contributed by atoms with Crippen molar-refractivity contribution in [1.82, 2.24) is 14.9 Å². The minimum absolute atomic E-state index is 0.279. The molecule has 0 amide bonds. The Hall–Kier alpha value is -1.98. The fraction of sp³-hybridized carbons (Fsp3) is 0.333. The zero-order valence-corrected chi connectivity index (χ0v) is 13.7. The predicted molar refractivity (Wildman–Crippen MR) is 90.3 cm³/mol. The molecule has 0 aliphatic carbocycles. The van der Waals surface area contributed by atoms with Crippen molar-refractivity contribution < 1.29 is 4.42 Å². The van der Waals surface area contributed by atoms with E-state index in [2.05, 4.69) is 44.5 Å². The Labute approximate surface area is 139 Å². The van der Waals surface area contributed by atoms with Crippen LogP contribution >= 0.6 is 11.3 Å². The second-order valence-corrected chi connectivity index (χ2v) is 6.65. The van der Waals surface area contributed by atoms with Crippen LogP contribution < -0.4 is 0 Å². The molecule has 1 atom stereocenters. The number of likely N-dealkylation sites (tertiary alicyclic amines) is 1. The van der Waals surface area contributed by atoms with Crippen LogP contribution in [0.2, 0.25) is 0 Å². The molecule has 23 heavy (non-hydrogen) atoms. The van der Waals surface area contributed by atoms with E-state index >= 15 is 0 Å². The van der Waals surface area contributed by atoms with Gasteiger partial charge >= 0.3 is 0 Å². The summed E-state index contributed by atoms with van der Waals surface area (Å²) in [7, 11) is 0. The first-order chi connectivity index (χ1) is 11.4. The lowest BCUT2D eigenvalue weighted by molar-refractivity contribution is 0.210. The lowest BCUT2D eigenvalue weighted by Crippen LogP contribution is -2.23. The molecule has 3 heterocycles. The normalized spacial score (nSPS) is 18.5. The van der Waals surface area contributed by atoms with E-state index in [1.54, 1.807) is 11.3 Å². The first kappa shape index (κ1) is 14.6. The summed E-state index contributed by atoms with van der Waals surface area (Å²) >= 11 is 1.65. The maximum Gasteiger partial charge on any atom is 0.211 e. The van der Waals surface area contributed by atoms with Gasteiger partial charge in [-0.2, -0.15) is 0 Å². The van der Waals surface area contributed by atoms with Crippen molar-refractivity contribution in [2.75, 3.05) is 6.54 Å². The van der Waals surface area contributed by atoms with E-state index in [1.807, 2.05) is 17.8 Å². The number of hydrogen-bond acceptors (Lipinski definition) is 5. The second-order valence-electron chi connectivity index (χ2n) is 5.94. The Morgan fingerprint density at radius 2 is 2.13 bits per heavy atom. The smallest absolute Gasteiger partial charge is 0.211 e. The number of benzene rings is 1. The summed E-state index contributed by atoms with van der Waals surface area (Å²) < 4.78 is 6.05. The fourth-order valence-electron chi connectivity index (χ4n) is 3.17. The Morgan fingerprint density at radius 3 is 2.96 bits per heavy atom. The van der Waals surface area contributed by atoms with Crippen molar-refractivity contribution in [3.63, 3.8) is 0 Å².